The topological polar surface area (TPSA) is 132 Å². The molecule has 224 valence electrons. The molecular weight excluding hydrogens is 582 g/mol. The number of fused-ring (bicyclic) bond motifs is 4. The highest BCUT2D eigenvalue weighted by molar-refractivity contribution is 6.35. The number of hydrogen-bond acceptors (Lipinski definition) is 6. The zero-order valence-corrected chi connectivity index (χ0v) is 25.0. The minimum absolute atomic E-state index is 0.0201. The summed E-state index contributed by atoms with van der Waals surface area (Å²) in [6, 6.07) is 10.9. The lowest BCUT2D eigenvalue weighted by atomic mass is 9.92. The first-order valence-electron chi connectivity index (χ1n) is 14.4. The summed E-state index contributed by atoms with van der Waals surface area (Å²) in [5.41, 5.74) is 5.06. The standard InChI is InChI=1S/C32H30ClN7O4/c1-38-30(43)32(39(2)31(38)44)13-19-3-4-23(10-22(19)14-32)36-27(41)12-21-9-20-11-26(33)28-24(15-35-37-28)25(20)17-40(29(21)42)16-18-5-7-34-8-6-18/h3-8,10-11,15,21H,9,12-14,16-17H2,1-2H3,(H,35,37)(H,36,41)/t21-,32?/m0/s1. The van der Waals surface area contributed by atoms with Crippen LogP contribution in [0.1, 0.15) is 34.2 Å². The van der Waals surface area contributed by atoms with Crippen molar-refractivity contribution in [3.8, 4) is 0 Å². The van der Waals surface area contributed by atoms with Crippen molar-refractivity contribution >= 4 is 51.9 Å². The van der Waals surface area contributed by atoms with Gasteiger partial charge in [0.05, 0.1) is 22.7 Å². The van der Waals surface area contributed by atoms with Gasteiger partial charge < -0.3 is 15.1 Å². The fraction of sp³-hybridized carbons (Fsp3) is 0.312. The number of likely N-dealkylation sites (N-methyl/N-ethyl adjacent to an activating group) is 2. The number of benzene rings is 2. The van der Waals surface area contributed by atoms with Crippen molar-refractivity contribution in [2.75, 3.05) is 19.4 Å². The Kier molecular flexibility index (Phi) is 6.65. The molecule has 1 saturated heterocycles. The van der Waals surface area contributed by atoms with Crippen LogP contribution in [0, 0.1) is 5.92 Å². The van der Waals surface area contributed by atoms with Crippen LogP contribution in [0.4, 0.5) is 10.5 Å². The predicted octanol–water partition coefficient (Wildman–Crippen LogP) is 3.70. The molecule has 12 heteroatoms. The molecule has 2 aromatic carbocycles. The molecule has 4 aromatic rings. The van der Waals surface area contributed by atoms with Crippen LogP contribution in [0.3, 0.4) is 0 Å². The summed E-state index contributed by atoms with van der Waals surface area (Å²) >= 11 is 6.58. The maximum atomic E-state index is 14.0. The highest BCUT2D eigenvalue weighted by Crippen LogP contribution is 2.40. The van der Waals surface area contributed by atoms with Gasteiger partial charge in [0.25, 0.3) is 5.91 Å². The number of pyridine rings is 1. The van der Waals surface area contributed by atoms with Gasteiger partial charge in [0.2, 0.25) is 11.8 Å². The number of imide groups is 1. The molecule has 2 aromatic heterocycles. The average Bonchev–Trinajstić information content (AvgIpc) is 3.67. The maximum Gasteiger partial charge on any atom is 0.327 e. The van der Waals surface area contributed by atoms with E-state index in [1.165, 1.54) is 16.8 Å². The Morgan fingerprint density at radius 2 is 1.84 bits per heavy atom. The lowest BCUT2D eigenvalue weighted by molar-refractivity contribution is -0.138. The van der Waals surface area contributed by atoms with Gasteiger partial charge in [0.1, 0.15) is 5.54 Å². The molecule has 7 rings (SSSR count). The Morgan fingerprint density at radius 3 is 2.59 bits per heavy atom. The fourth-order valence-corrected chi connectivity index (χ4v) is 7.22. The largest absolute Gasteiger partial charge is 0.334 e. The van der Waals surface area contributed by atoms with E-state index in [1.54, 1.807) is 36.6 Å². The highest BCUT2D eigenvalue weighted by atomic mass is 35.5. The smallest absolute Gasteiger partial charge is 0.327 e. The number of carbonyl (C=O) groups is 4. The molecule has 3 aliphatic rings. The van der Waals surface area contributed by atoms with Gasteiger partial charge in [0, 0.05) is 69.9 Å². The molecule has 0 radical (unpaired) electrons. The summed E-state index contributed by atoms with van der Waals surface area (Å²) in [4.78, 5) is 61.5. The second-order valence-corrected chi connectivity index (χ2v) is 12.3. The number of rotatable bonds is 5. The van der Waals surface area contributed by atoms with Gasteiger partial charge >= 0.3 is 6.03 Å². The third-order valence-electron chi connectivity index (χ3n) is 9.30. The second kappa shape index (κ2) is 10.4. The first kappa shape index (κ1) is 28.0. The minimum atomic E-state index is -0.934. The van der Waals surface area contributed by atoms with Crippen molar-refractivity contribution in [3.05, 3.63) is 87.8 Å². The molecule has 1 fully saturated rings. The van der Waals surface area contributed by atoms with Crippen LogP contribution >= 0.6 is 11.6 Å². The van der Waals surface area contributed by atoms with E-state index < -0.39 is 11.5 Å². The Balaban J connectivity index is 1.13. The number of H-pyrrole nitrogens is 1. The van der Waals surface area contributed by atoms with Crippen molar-refractivity contribution in [1.82, 2.24) is 29.9 Å². The summed E-state index contributed by atoms with van der Waals surface area (Å²) < 4.78 is 0. The molecule has 2 N–H and O–H groups in total. The third-order valence-corrected chi connectivity index (χ3v) is 9.60. The number of hydrogen-bond donors (Lipinski definition) is 2. The first-order valence-corrected chi connectivity index (χ1v) is 14.8. The van der Waals surface area contributed by atoms with E-state index in [2.05, 4.69) is 20.5 Å². The van der Waals surface area contributed by atoms with Crippen molar-refractivity contribution in [2.45, 2.75) is 44.3 Å². The average molecular weight is 612 g/mol. The summed E-state index contributed by atoms with van der Waals surface area (Å²) in [5, 5.41) is 11.5. The fourth-order valence-electron chi connectivity index (χ4n) is 6.94. The van der Waals surface area contributed by atoms with E-state index >= 15 is 0 Å². The number of nitrogens with zero attached hydrogens (tertiary/aromatic N) is 5. The van der Waals surface area contributed by atoms with Crippen LogP contribution in [0.5, 0.6) is 0 Å². The SMILES string of the molecule is CN1C(=O)N(C)C2(Cc3ccc(NC(=O)C[C@@H]4Cc5cc(Cl)c6[nH]ncc6c5CN(Cc5ccncc5)C4=O)cc3C2)C1=O. The number of aromatic amines is 1. The number of nitrogens with one attached hydrogen (secondary N) is 2. The van der Waals surface area contributed by atoms with Crippen LogP contribution in [0.25, 0.3) is 10.9 Å². The number of amides is 5. The monoisotopic (exact) mass is 611 g/mol. The number of halogens is 1. The van der Waals surface area contributed by atoms with E-state index in [9.17, 15) is 19.2 Å². The second-order valence-electron chi connectivity index (χ2n) is 11.9. The van der Waals surface area contributed by atoms with Crippen molar-refractivity contribution in [3.63, 3.8) is 0 Å². The van der Waals surface area contributed by atoms with Gasteiger partial charge in [-0.3, -0.25) is 29.4 Å². The predicted molar refractivity (Wildman–Crippen MR) is 163 cm³/mol. The molecular formula is C32H30ClN7O4. The number of urea groups is 1. The van der Waals surface area contributed by atoms with Crippen LogP contribution < -0.4 is 5.32 Å². The van der Waals surface area contributed by atoms with Crippen molar-refractivity contribution < 1.29 is 19.2 Å². The first-order chi connectivity index (χ1) is 21.1. The molecule has 1 unspecified atom stereocenters. The lowest BCUT2D eigenvalue weighted by Gasteiger charge is -2.27. The minimum Gasteiger partial charge on any atom is -0.334 e. The summed E-state index contributed by atoms with van der Waals surface area (Å²) in [7, 11) is 3.16. The lowest BCUT2D eigenvalue weighted by Crippen LogP contribution is -2.48. The van der Waals surface area contributed by atoms with E-state index in [-0.39, 0.29) is 30.2 Å². The van der Waals surface area contributed by atoms with Crippen LogP contribution in [-0.2, 0) is 46.7 Å². The van der Waals surface area contributed by atoms with E-state index in [0.29, 0.717) is 43.1 Å². The van der Waals surface area contributed by atoms with Gasteiger partial charge in [-0.1, -0.05) is 17.7 Å². The molecule has 2 aliphatic heterocycles. The molecule has 2 atom stereocenters. The molecule has 1 spiro atoms. The van der Waals surface area contributed by atoms with Crippen molar-refractivity contribution in [1.29, 1.82) is 0 Å². The van der Waals surface area contributed by atoms with E-state index in [1.807, 2.05) is 30.3 Å². The molecule has 44 heavy (non-hydrogen) atoms. The molecule has 11 nitrogen and oxygen atoms in total. The molecule has 4 heterocycles. The number of carbonyl (C=O) groups excluding carboxylic acids is 4. The summed E-state index contributed by atoms with van der Waals surface area (Å²) in [6.45, 7) is 0.734. The molecule has 5 amide bonds. The molecule has 0 bridgehead atoms. The van der Waals surface area contributed by atoms with Crippen LogP contribution in [0.2, 0.25) is 5.02 Å². The third kappa shape index (κ3) is 4.50. The molecule has 1 aliphatic carbocycles. The maximum absolute atomic E-state index is 14.0. The zero-order valence-electron chi connectivity index (χ0n) is 24.3. The zero-order chi connectivity index (χ0) is 30.7. The Bertz CT molecular complexity index is 1860. The van der Waals surface area contributed by atoms with Gasteiger partial charge in [-0.25, -0.2) is 4.79 Å². The van der Waals surface area contributed by atoms with Crippen LogP contribution in [0.15, 0.2) is 55.0 Å². The highest BCUT2D eigenvalue weighted by Gasteiger charge is 2.57. The number of aromatic nitrogens is 3. The Morgan fingerprint density at radius 1 is 1.07 bits per heavy atom. The summed E-state index contributed by atoms with van der Waals surface area (Å²) in [6.07, 6.45) is 6.26. The number of anilines is 1. The van der Waals surface area contributed by atoms with Gasteiger partial charge in [-0.2, -0.15) is 5.10 Å². The molecule has 0 saturated carbocycles. The van der Waals surface area contributed by atoms with E-state index in [0.717, 1.165) is 38.7 Å². The van der Waals surface area contributed by atoms with Gasteiger partial charge in [-0.15, -0.1) is 0 Å². The summed E-state index contributed by atoms with van der Waals surface area (Å²) in [5.74, 6) is -1.23. The van der Waals surface area contributed by atoms with E-state index in [4.69, 9.17) is 11.6 Å². The Hall–Kier alpha value is -4.77. The van der Waals surface area contributed by atoms with Crippen LogP contribution in [-0.4, -0.2) is 73.3 Å². The van der Waals surface area contributed by atoms with Crippen molar-refractivity contribution in [2.24, 2.45) is 5.92 Å². The Labute approximate surface area is 258 Å². The quantitative estimate of drug-likeness (QED) is 0.331. The normalized spacial score (nSPS) is 21.3. The van der Waals surface area contributed by atoms with Gasteiger partial charge in [0.15, 0.2) is 0 Å². The van der Waals surface area contributed by atoms with Gasteiger partial charge in [-0.05, 0) is 64.6 Å².